The van der Waals surface area contributed by atoms with Crippen molar-refractivity contribution in [2.45, 2.75) is 51.1 Å². The number of piperidine rings is 1. The molecule has 3 N–H and O–H groups in total. The van der Waals surface area contributed by atoms with Crippen molar-refractivity contribution >= 4 is 12.0 Å². The van der Waals surface area contributed by atoms with Crippen LogP contribution >= 0.6 is 0 Å². The lowest BCUT2D eigenvalue weighted by Crippen LogP contribution is -2.55. The Labute approximate surface area is 119 Å². The average Bonchev–Trinajstić information content (AvgIpc) is 3.21. The lowest BCUT2D eigenvalue weighted by atomic mass is 9.91. The summed E-state index contributed by atoms with van der Waals surface area (Å²) in [5.41, 5.74) is 0. The molecule has 1 saturated carbocycles. The molecule has 2 fully saturated rings. The smallest absolute Gasteiger partial charge is 0.326 e. The number of nitrogens with one attached hydrogen (secondary N) is 2. The number of carbonyl (C=O) groups is 2. The molecule has 0 radical (unpaired) electrons. The predicted molar refractivity (Wildman–Crippen MR) is 75.6 cm³/mol. The number of likely N-dealkylation sites (tertiary alicyclic amines) is 1. The van der Waals surface area contributed by atoms with E-state index < -0.39 is 12.0 Å². The Balaban J connectivity index is 1.72. The molecule has 2 atom stereocenters. The molecule has 2 unspecified atom stereocenters. The highest BCUT2D eigenvalue weighted by Crippen LogP contribution is 2.23. The van der Waals surface area contributed by atoms with Crippen LogP contribution in [0, 0.1) is 5.92 Å². The number of hydrogen-bond donors (Lipinski definition) is 3. The first-order chi connectivity index (χ1) is 9.59. The first-order valence-electron chi connectivity index (χ1n) is 7.60. The van der Waals surface area contributed by atoms with Gasteiger partial charge in [0.1, 0.15) is 6.04 Å². The predicted octanol–water partition coefficient (Wildman–Crippen LogP) is 1.02. The summed E-state index contributed by atoms with van der Waals surface area (Å²) in [6.07, 6.45) is 5.15. The van der Waals surface area contributed by atoms with Gasteiger partial charge in [-0.3, -0.25) is 0 Å². The van der Waals surface area contributed by atoms with E-state index in [-0.39, 0.29) is 11.9 Å². The van der Waals surface area contributed by atoms with Crippen LogP contribution in [0.2, 0.25) is 0 Å². The van der Waals surface area contributed by atoms with Gasteiger partial charge in [0.2, 0.25) is 0 Å². The second-order valence-corrected chi connectivity index (χ2v) is 5.91. The summed E-state index contributed by atoms with van der Waals surface area (Å²) in [4.78, 5) is 24.9. The molecule has 0 aromatic heterocycles. The highest BCUT2D eigenvalue weighted by molar-refractivity contribution is 5.83. The summed E-state index contributed by atoms with van der Waals surface area (Å²) in [7, 11) is 0. The standard InChI is InChI=1S/C14H25N3O3/c1-10-4-2-9-17(12(10)13(18)19)14(20)16-8-3-7-15-11-5-6-11/h10-12,15H,2-9H2,1H3,(H,16,20)(H,18,19). The number of carboxylic acids is 1. The van der Waals surface area contributed by atoms with Crippen molar-refractivity contribution in [1.29, 1.82) is 0 Å². The molecule has 1 aliphatic carbocycles. The number of carbonyl (C=O) groups excluding carboxylic acids is 1. The summed E-state index contributed by atoms with van der Waals surface area (Å²) >= 11 is 0. The molecule has 6 heteroatoms. The summed E-state index contributed by atoms with van der Waals surface area (Å²) in [5, 5.41) is 15.5. The van der Waals surface area contributed by atoms with E-state index in [2.05, 4.69) is 10.6 Å². The normalized spacial score (nSPS) is 26.4. The second-order valence-electron chi connectivity index (χ2n) is 5.91. The van der Waals surface area contributed by atoms with E-state index in [9.17, 15) is 14.7 Å². The zero-order chi connectivity index (χ0) is 14.5. The number of amides is 2. The van der Waals surface area contributed by atoms with Gasteiger partial charge in [-0.2, -0.15) is 0 Å². The number of nitrogens with zero attached hydrogens (tertiary/aromatic N) is 1. The van der Waals surface area contributed by atoms with Gasteiger partial charge in [-0.15, -0.1) is 0 Å². The van der Waals surface area contributed by atoms with Crippen molar-refractivity contribution in [2.75, 3.05) is 19.6 Å². The van der Waals surface area contributed by atoms with Crippen LogP contribution in [0.4, 0.5) is 4.79 Å². The first kappa shape index (κ1) is 15.1. The van der Waals surface area contributed by atoms with Gasteiger partial charge in [-0.05, 0) is 44.6 Å². The lowest BCUT2D eigenvalue weighted by Gasteiger charge is -2.37. The van der Waals surface area contributed by atoms with Gasteiger partial charge in [0.25, 0.3) is 0 Å². The van der Waals surface area contributed by atoms with Crippen LogP contribution in [0.1, 0.15) is 39.0 Å². The molecule has 2 amide bonds. The van der Waals surface area contributed by atoms with Crippen LogP contribution in [0.25, 0.3) is 0 Å². The molecule has 114 valence electrons. The van der Waals surface area contributed by atoms with Gasteiger partial charge in [0.15, 0.2) is 0 Å². The Hall–Kier alpha value is -1.30. The third kappa shape index (κ3) is 4.10. The molecule has 1 heterocycles. The van der Waals surface area contributed by atoms with Crippen LogP contribution in [-0.2, 0) is 4.79 Å². The number of carboxylic acid groups (broad SMARTS) is 1. The van der Waals surface area contributed by atoms with E-state index in [4.69, 9.17) is 0 Å². The minimum atomic E-state index is -0.900. The fourth-order valence-electron chi connectivity index (χ4n) is 2.77. The topological polar surface area (TPSA) is 81.7 Å². The SMILES string of the molecule is CC1CCCN(C(=O)NCCCNC2CC2)C1C(=O)O. The van der Waals surface area contributed by atoms with Crippen molar-refractivity contribution in [2.24, 2.45) is 5.92 Å². The van der Waals surface area contributed by atoms with Crippen molar-refractivity contribution in [3.8, 4) is 0 Å². The largest absolute Gasteiger partial charge is 0.480 e. The third-order valence-corrected chi connectivity index (χ3v) is 4.09. The molecule has 6 nitrogen and oxygen atoms in total. The zero-order valence-electron chi connectivity index (χ0n) is 12.1. The average molecular weight is 283 g/mol. The highest BCUT2D eigenvalue weighted by atomic mass is 16.4. The summed E-state index contributed by atoms with van der Waals surface area (Å²) in [6.45, 7) is 3.94. The fraction of sp³-hybridized carbons (Fsp3) is 0.857. The molecule has 0 bridgehead atoms. The molecule has 2 rings (SSSR count). The van der Waals surface area contributed by atoms with Crippen LogP contribution < -0.4 is 10.6 Å². The Kier molecular flexibility index (Phi) is 5.23. The third-order valence-electron chi connectivity index (χ3n) is 4.09. The van der Waals surface area contributed by atoms with Crippen molar-refractivity contribution in [1.82, 2.24) is 15.5 Å². The molecular formula is C14H25N3O3. The van der Waals surface area contributed by atoms with Crippen molar-refractivity contribution in [3.05, 3.63) is 0 Å². The highest BCUT2D eigenvalue weighted by Gasteiger charge is 2.36. The molecule has 0 aromatic carbocycles. The number of aliphatic carboxylic acids is 1. The molecule has 0 spiro atoms. The van der Waals surface area contributed by atoms with E-state index in [0.29, 0.717) is 19.1 Å². The van der Waals surface area contributed by atoms with E-state index in [1.54, 1.807) is 0 Å². The van der Waals surface area contributed by atoms with Gasteiger partial charge < -0.3 is 20.6 Å². The Morgan fingerprint density at radius 3 is 2.65 bits per heavy atom. The quantitative estimate of drug-likeness (QED) is 0.636. The molecule has 2 aliphatic rings. The van der Waals surface area contributed by atoms with Gasteiger partial charge in [0.05, 0.1) is 0 Å². The summed E-state index contributed by atoms with van der Waals surface area (Å²) in [5.74, 6) is -0.883. The molecule has 1 saturated heterocycles. The molecular weight excluding hydrogens is 258 g/mol. The Morgan fingerprint density at radius 1 is 1.25 bits per heavy atom. The van der Waals surface area contributed by atoms with E-state index in [0.717, 1.165) is 25.8 Å². The Bertz CT molecular complexity index is 358. The van der Waals surface area contributed by atoms with Crippen molar-refractivity contribution in [3.63, 3.8) is 0 Å². The minimum absolute atomic E-state index is 0.0172. The van der Waals surface area contributed by atoms with Gasteiger partial charge in [0, 0.05) is 19.1 Å². The molecule has 20 heavy (non-hydrogen) atoms. The van der Waals surface area contributed by atoms with Gasteiger partial charge >= 0.3 is 12.0 Å². The minimum Gasteiger partial charge on any atom is -0.480 e. The second kappa shape index (κ2) is 6.92. The number of rotatable bonds is 6. The zero-order valence-corrected chi connectivity index (χ0v) is 12.1. The first-order valence-corrected chi connectivity index (χ1v) is 7.60. The lowest BCUT2D eigenvalue weighted by molar-refractivity contribution is -0.145. The molecule has 1 aliphatic heterocycles. The number of urea groups is 1. The summed E-state index contributed by atoms with van der Waals surface area (Å²) < 4.78 is 0. The Morgan fingerprint density at radius 2 is 2.00 bits per heavy atom. The van der Waals surface area contributed by atoms with Crippen molar-refractivity contribution < 1.29 is 14.7 Å². The van der Waals surface area contributed by atoms with Crippen LogP contribution in [0.5, 0.6) is 0 Å². The van der Waals surface area contributed by atoms with Crippen LogP contribution in [0.3, 0.4) is 0 Å². The maximum atomic E-state index is 12.1. The van der Waals surface area contributed by atoms with Crippen LogP contribution in [-0.4, -0.2) is 53.7 Å². The van der Waals surface area contributed by atoms with Gasteiger partial charge in [-0.1, -0.05) is 6.92 Å². The summed E-state index contributed by atoms with van der Waals surface area (Å²) in [6, 6.07) is -0.242. The van der Waals surface area contributed by atoms with E-state index >= 15 is 0 Å². The monoisotopic (exact) mass is 283 g/mol. The number of hydrogen-bond acceptors (Lipinski definition) is 3. The van der Waals surface area contributed by atoms with E-state index in [1.807, 2.05) is 6.92 Å². The maximum Gasteiger partial charge on any atom is 0.326 e. The van der Waals surface area contributed by atoms with Crippen LogP contribution in [0.15, 0.2) is 0 Å². The van der Waals surface area contributed by atoms with Gasteiger partial charge in [-0.25, -0.2) is 9.59 Å². The molecule has 0 aromatic rings. The fourth-order valence-corrected chi connectivity index (χ4v) is 2.77. The maximum absolute atomic E-state index is 12.1. The van der Waals surface area contributed by atoms with E-state index in [1.165, 1.54) is 17.7 Å².